The van der Waals surface area contributed by atoms with Gasteiger partial charge in [-0.3, -0.25) is 0 Å². The number of hydrogen-bond donors (Lipinski definition) is 0. The van der Waals surface area contributed by atoms with Crippen molar-refractivity contribution in [1.29, 1.82) is 0 Å². The molecule has 0 aliphatic heterocycles. The first-order chi connectivity index (χ1) is 7.26. The van der Waals surface area contributed by atoms with E-state index in [1.165, 1.54) is 0 Å². The van der Waals surface area contributed by atoms with Crippen molar-refractivity contribution in [1.82, 2.24) is 0 Å². The summed E-state index contributed by atoms with van der Waals surface area (Å²) in [7, 11) is 0. The van der Waals surface area contributed by atoms with Crippen molar-refractivity contribution in [2.24, 2.45) is 11.8 Å². The lowest BCUT2D eigenvalue weighted by Gasteiger charge is -2.30. The molecule has 0 unspecified atom stereocenters. The summed E-state index contributed by atoms with van der Waals surface area (Å²) in [6.45, 7) is 0. The van der Waals surface area contributed by atoms with Gasteiger partial charge in [0.1, 0.15) is 0 Å². The largest absolute Gasteiger partial charge is 0.453 e. The molecule has 0 saturated heterocycles. The molecule has 16 heavy (non-hydrogen) atoms. The van der Waals surface area contributed by atoms with Gasteiger partial charge in [0.15, 0.2) is 0 Å². The molecular weight excluding hydrogens is 342 g/mol. The van der Waals surface area contributed by atoms with Gasteiger partial charge in [0.05, 0.1) is 0 Å². The standard InChI is InChI=1S/C10H14F5I/c11-9(12,10(13,14)15)5-7-1-3-8(6-16)4-2-7/h7-8H,1-6H2. The zero-order valence-corrected chi connectivity index (χ0v) is 10.8. The van der Waals surface area contributed by atoms with Crippen LogP contribution in [0.5, 0.6) is 0 Å². The molecule has 0 spiro atoms. The first-order valence-electron chi connectivity index (χ1n) is 5.27. The molecule has 0 aromatic heterocycles. The molecule has 1 aliphatic carbocycles. The molecule has 96 valence electrons. The van der Waals surface area contributed by atoms with Crippen molar-refractivity contribution in [3.8, 4) is 0 Å². The van der Waals surface area contributed by atoms with Crippen molar-refractivity contribution in [2.75, 3.05) is 4.43 Å². The lowest BCUT2D eigenvalue weighted by atomic mass is 9.80. The van der Waals surface area contributed by atoms with Crippen LogP contribution in [0.2, 0.25) is 0 Å². The first kappa shape index (κ1) is 14.4. The van der Waals surface area contributed by atoms with E-state index in [1.807, 2.05) is 0 Å². The summed E-state index contributed by atoms with van der Waals surface area (Å²) >= 11 is 2.23. The second kappa shape index (κ2) is 5.35. The maximum atomic E-state index is 12.8. The molecule has 6 heteroatoms. The van der Waals surface area contributed by atoms with Crippen molar-refractivity contribution >= 4 is 22.6 Å². The van der Waals surface area contributed by atoms with E-state index in [2.05, 4.69) is 22.6 Å². The van der Waals surface area contributed by atoms with E-state index in [1.54, 1.807) is 0 Å². The van der Waals surface area contributed by atoms with Gasteiger partial charge in [0, 0.05) is 10.8 Å². The van der Waals surface area contributed by atoms with Crippen LogP contribution in [-0.2, 0) is 0 Å². The average Bonchev–Trinajstić information content (AvgIpc) is 2.16. The van der Waals surface area contributed by atoms with Gasteiger partial charge in [0.2, 0.25) is 0 Å². The molecule has 1 rings (SSSR count). The third-order valence-corrected chi connectivity index (χ3v) is 4.39. The third kappa shape index (κ3) is 3.70. The van der Waals surface area contributed by atoms with Crippen LogP contribution in [0, 0.1) is 11.8 Å². The summed E-state index contributed by atoms with van der Waals surface area (Å²) in [6.07, 6.45) is -3.88. The molecule has 1 aliphatic rings. The van der Waals surface area contributed by atoms with Gasteiger partial charge in [-0.05, 0) is 37.5 Å². The minimum absolute atomic E-state index is 0.476. The van der Waals surface area contributed by atoms with E-state index >= 15 is 0 Å². The number of halogens is 6. The fraction of sp³-hybridized carbons (Fsp3) is 1.00. The van der Waals surface area contributed by atoms with Crippen LogP contribution in [-0.4, -0.2) is 16.5 Å². The molecular formula is C10H14F5I. The van der Waals surface area contributed by atoms with Crippen LogP contribution in [0.15, 0.2) is 0 Å². The fourth-order valence-corrected chi connectivity index (χ4v) is 2.95. The zero-order chi connectivity index (χ0) is 12.4. The molecule has 0 atom stereocenters. The molecule has 0 aromatic carbocycles. The van der Waals surface area contributed by atoms with Gasteiger partial charge in [0.25, 0.3) is 0 Å². The predicted octanol–water partition coefficient (Wildman–Crippen LogP) is 4.82. The van der Waals surface area contributed by atoms with Crippen LogP contribution >= 0.6 is 22.6 Å². The Morgan fingerprint density at radius 2 is 1.31 bits per heavy atom. The van der Waals surface area contributed by atoms with Gasteiger partial charge in [-0.25, -0.2) is 0 Å². The van der Waals surface area contributed by atoms with E-state index in [0.29, 0.717) is 18.8 Å². The van der Waals surface area contributed by atoms with Crippen LogP contribution in [0.3, 0.4) is 0 Å². The Labute approximate surface area is 105 Å². The van der Waals surface area contributed by atoms with Crippen LogP contribution in [0.4, 0.5) is 22.0 Å². The Morgan fingerprint density at radius 1 is 0.875 bits per heavy atom. The number of alkyl halides is 6. The molecule has 1 saturated carbocycles. The van der Waals surface area contributed by atoms with Gasteiger partial charge < -0.3 is 0 Å². The van der Waals surface area contributed by atoms with E-state index in [4.69, 9.17) is 0 Å². The predicted molar refractivity (Wildman–Crippen MR) is 60.0 cm³/mol. The summed E-state index contributed by atoms with van der Waals surface area (Å²) in [6, 6.07) is 0. The van der Waals surface area contributed by atoms with E-state index in [0.717, 1.165) is 17.3 Å². The van der Waals surface area contributed by atoms with Gasteiger partial charge in [-0.15, -0.1) is 0 Å². The van der Waals surface area contributed by atoms with Gasteiger partial charge in [-0.2, -0.15) is 22.0 Å². The van der Waals surface area contributed by atoms with Crippen molar-refractivity contribution in [3.63, 3.8) is 0 Å². The Hall–Kier alpha value is 0.380. The summed E-state index contributed by atoms with van der Waals surface area (Å²) in [5, 5.41) is 0. The maximum Gasteiger partial charge on any atom is 0.453 e. The lowest BCUT2D eigenvalue weighted by molar-refractivity contribution is -0.288. The molecule has 0 amide bonds. The summed E-state index contributed by atoms with van der Waals surface area (Å²) in [5.74, 6) is -4.50. The minimum atomic E-state index is -5.40. The third-order valence-electron chi connectivity index (χ3n) is 3.14. The van der Waals surface area contributed by atoms with Crippen LogP contribution < -0.4 is 0 Å². The molecule has 0 N–H and O–H groups in total. The Kier molecular flexibility index (Phi) is 4.83. The summed E-state index contributed by atoms with van der Waals surface area (Å²) < 4.78 is 62.4. The van der Waals surface area contributed by atoms with Crippen LogP contribution in [0.25, 0.3) is 0 Å². The Balaban J connectivity index is 2.45. The van der Waals surface area contributed by atoms with E-state index < -0.39 is 24.4 Å². The summed E-state index contributed by atoms with van der Waals surface area (Å²) in [4.78, 5) is 0. The van der Waals surface area contributed by atoms with E-state index in [-0.39, 0.29) is 0 Å². The molecule has 0 nitrogen and oxygen atoms in total. The molecule has 0 aromatic rings. The number of rotatable bonds is 3. The minimum Gasteiger partial charge on any atom is -0.196 e. The van der Waals surface area contributed by atoms with Crippen molar-refractivity contribution in [2.45, 2.75) is 44.2 Å². The first-order valence-corrected chi connectivity index (χ1v) is 6.79. The molecule has 0 radical (unpaired) electrons. The van der Waals surface area contributed by atoms with E-state index in [9.17, 15) is 22.0 Å². The monoisotopic (exact) mass is 356 g/mol. The molecule has 1 fully saturated rings. The highest BCUT2D eigenvalue weighted by atomic mass is 127. The normalized spacial score (nSPS) is 28.1. The highest BCUT2D eigenvalue weighted by Crippen LogP contribution is 2.43. The smallest absolute Gasteiger partial charge is 0.196 e. The highest BCUT2D eigenvalue weighted by molar-refractivity contribution is 14.1. The Bertz CT molecular complexity index is 218. The Morgan fingerprint density at radius 3 is 1.69 bits per heavy atom. The topological polar surface area (TPSA) is 0 Å². The van der Waals surface area contributed by atoms with Crippen LogP contribution in [0.1, 0.15) is 32.1 Å². The van der Waals surface area contributed by atoms with Crippen molar-refractivity contribution in [3.05, 3.63) is 0 Å². The van der Waals surface area contributed by atoms with Gasteiger partial charge in [-0.1, -0.05) is 22.6 Å². The molecule has 0 heterocycles. The highest BCUT2D eigenvalue weighted by Gasteiger charge is 2.57. The fourth-order valence-electron chi connectivity index (χ4n) is 2.07. The molecule has 0 bridgehead atoms. The quantitative estimate of drug-likeness (QED) is 0.387. The maximum absolute atomic E-state index is 12.8. The second-order valence-electron chi connectivity index (χ2n) is 4.45. The number of hydrogen-bond acceptors (Lipinski definition) is 0. The summed E-state index contributed by atoms with van der Waals surface area (Å²) in [5.41, 5.74) is 0. The van der Waals surface area contributed by atoms with Gasteiger partial charge >= 0.3 is 12.1 Å². The second-order valence-corrected chi connectivity index (χ2v) is 5.33. The SMILES string of the molecule is FC(F)(F)C(F)(F)CC1CCC(CI)CC1. The van der Waals surface area contributed by atoms with Crippen molar-refractivity contribution < 1.29 is 22.0 Å². The zero-order valence-electron chi connectivity index (χ0n) is 8.67. The lowest BCUT2D eigenvalue weighted by Crippen LogP contribution is -2.38. The average molecular weight is 356 g/mol.